The zero-order chi connectivity index (χ0) is 22.3. The van der Waals surface area contributed by atoms with Crippen LogP contribution in [0.5, 0.6) is 11.6 Å². The lowest BCUT2D eigenvalue weighted by Crippen LogP contribution is -2.18. The number of nitriles is 1. The van der Waals surface area contributed by atoms with E-state index < -0.39 is 33.1 Å². The maximum atomic E-state index is 11.6. The number of benzene rings is 1. The van der Waals surface area contributed by atoms with Crippen LogP contribution in [0.3, 0.4) is 0 Å². The number of nitrogens with one attached hydrogen (secondary N) is 1. The van der Waals surface area contributed by atoms with Crippen molar-refractivity contribution in [3.8, 4) is 17.7 Å². The molecule has 0 saturated heterocycles. The second-order valence-electron chi connectivity index (χ2n) is 5.28. The van der Waals surface area contributed by atoms with Gasteiger partial charge < -0.3 is 14.8 Å². The van der Waals surface area contributed by atoms with E-state index in [9.17, 15) is 25.0 Å². The van der Waals surface area contributed by atoms with E-state index in [1.165, 1.54) is 6.07 Å². The molecular weight excluding hydrogens is 420 g/mol. The zero-order valence-corrected chi connectivity index (χ0v) is 16.5. The predicted octanol–water partition coefficient (Wildman–Crippen LogP) is 2.65. The fourth-order valence-electron chi connectivity index (χ4n) is 2.17. The number of hydrogen-bond donors (Lipinski definition) is 1. The van der Waals surface area contributed by atoms with Crippen molar-refractivity contribution in [3.05, 3.63) is 44.0 Å². The van der Waals surface area contributed by atoms with E-state index in [1.807, 2.05) is 0 Å². The third-order valence-corrected chi connectivity index (χ3v) is 3.95. The molecule has 14 heteroatoms. The number of nitro groups is 2. The lowest BCUT2D eigenvalue weighted by molar-refractivity contribution is -0.385. The van der Waals surface area contributed by atoms with E-state index in [2.05, 4.69) is 15.3 Å². The van der Waals surface area contributed by atoms with Crippen LogP contribution in [-0.4, -0.2) is 45.2 Å². The number of carbonyl (C=O) groups is 1. The van der Waals surface area contributed by atoms with Crippen molar-refractivity contribution in [2.75, 3.05) is 24.7 Å². The number of rotatable bonds is 9. The van der Waals surface area contributed by atoms with Gasteiger partial charge in [-0.05, 0) is 25.3 Å². The number of anilines is 1. The van der Waals surface area contributed by atoms with Gasteiger partial charge in [-0.15, -0.1) is 0 Å². The summed E-state index contributed by atoms with van der Waals surface area (Å²) in [5, 5.41) is 34.3. The molecule has 1 heterocycles. The van der Waals surface area contributed by atoms with Crippen LogP contribution in [0.25, 0.3) is 0 Å². The van der Waals surface area contributed by atoms with Gasteiger partial charge >= 0.3 is 17.5 Å². The Kier molecular flexibility index (Phi) is 7.42. The van der Waals surface area contributed by atoms with Gasteiger partial charge in [0, 0.05) is 0 Å². The summed E-state index contributed by atoms with van der Waals surface area (Å²) in [4.78, 5) is 40.6. The Labute approximate surface area is 173 Å². The fourth-order valence-corrected chi connectivity index (χ4v) is 2.52. The summed E-state index contributed by atoms with van der Waals surface area (Å²) in [6, 6.07) is 5.01. The summed E-state index contributed by atoms with van der Waals surface area (Å²) < 4.78 is 10.2. The smallest absolute Gasteiger partial charge is 0.373 e. The van der Waals surface area contributed by atoms with Gasteiger partial charge in [0.2, 0.25) is 5.82 Å². The highest BCUT2D eigenvalue weighted by atomic mass is 32.2. The normalized spacial score (nSPS) is 10.0. The molecule has 0 spiro atoms. The quantitative estimate of drug-likeness (QED) is 0.200. The Balaban J connectivity index is 2.49. The summed E-state index contributed by atoms with van der Waals surface area (Å²) >= 11 is 1.05. The van der Waals surface area contributed by atoms with Gasteiger partial charge in [0.1, 0.15) is 23.9 Å². The minimum atomic E-state index is -0.814. The molecule has 1 aromatic heterocycles. The largest absolute Gasteiger partial charge is 0.465 e. The molecule has 0 aliphatic heterocycles. The van der Waals surface area contributed by atoms with E-state index in [0.29, 0.717) is 0 Å². The monoisotopic (exact) mass is 434 g/mol. The topological polar surface area (TPSA) is 183 Å². The molecule has 0 amide bonds. The highest BCUT2D eigenvalue weighted by Gasteiger charge is 2.28. The molecule has 0 bridgehead atoms. The van der Waals surface area contributed by atoms with E-state index in [4.69, 9.17) is 14.7 Å². The molecule has 1 N–H and O–H groups in total. The van der Waals surface area contributed by atoms with Gasteiger partial charge in [-0.25, -0.2) is 0 Å². The Morgan fingerprint density at radius 1 is 1.30 bits per heavy atom. The van der Waals surface area contributed by atoms with Crippen molar-refractivity contribution in [1.82, 2.24) is 9.97 Å². The van der Waals surface area contributed by atoms with Crippen LogP contribution in [0, 0.1) is 31.6 Å². The number of aromatic nitrogens is 2. The van der Waals surface area contributed by atoms with Gasteiger partial charge in [0.25, 0.3) is 5.69 Å². The number of ether oxygens (including phenoxy) is 2. The fraction of sp³-hybridized carbons (Fsp3) is 0.250. The second kappa shape index (κ2) is 9.98. The number of nitrogens with zero attached hydrogens (tertiary/aromatic N) is 5. The number of thioether (sulfide) groups is 1. The molecule has 2 rings (SSSR count). The van der Waals surface area contributed by atoms with Crippen molar-refractivity contribution >= 4 is 34.9 Å². The highest BCUT2D eigenvalue weighted by Crippen LogP contribution is 2.37. The van der Waals surface area contributed by atoms with Crippen LogP contribution < -0.4 is 10.1 Å². The molecule has 0 saturated carbocycles. The van der Waals surface area contributed by atoms with Crippen LogP contribution >= 0.6 is 11.8 Å². The van der Waals surface area contributed by atoms with Crippen molar-refractivity contribution in [2.24, 2.45) is 0 Å². The molecule has 1 aromatic carbocycles. The molecule has 0 atom stereocenters. The van der Waals surface area contributed by atoms with E-state index in [1.54, 1.807) is 19.2 Å². The molecule has 2 aromatic rings. The van der Waals surface area contributed by atoms with E-state index in [0.717, 1.165) is 23.9 Å². The SMILES string of the molecule is CCOC(=O)CNc1nc(SC)nc(Oc2ccc(C#N)c([N+](=O)[O-])c2)c1[N+](=O)[O-]. The summed E-state index contributed by atoms with van der Waals surface area (Å²) in [6.07, 6.45) is 1.62. The average Bonchev–Trinajstić information content (AvgIpc) is 2.71. The van der Waals surface area contributed by atoms with Gasteiger partial charge in [0.15, 0.2) is 5.16 Å². The average molecular weight is 434 g/mol. The van der Waals surface area contributed by atoms with E-state index in [-0.39, 0.29) is 35.4 Å². The standard InChI is InChI=1S/C16H14N6O7S/c1-3-28-12(23)8-18-14-13(22(26)27)15(20-16(19-14)30-2)29-10-5-4-9(7-17)11(6-10)21(24)25/h4-6H,3,8H2,1-2H3,(H,18,19,20). The third-order valence-electron chi connectivity index (χ3n) is 3.40. The second-order valence-corrected chi connectivity index (χ2v) is 6.05. The maximum absolute atomic E-state index is 11.6. The van der Waals surface area contributed by atoms with Crippen molar-refractivity contribution in [1.29, 1.82) is 5.26 Å². The van der Waals surface area contributed by atoms with Crippen LogP contribution in [0.15, 0.2) is 23.4 Å². The lowest BCUT2D eigenvalue weighted by Gasteiger charge is -2.11. The summed E-state index contributed by atoms with van der Waals surface area (Å²) in [5.74, 6) is -1.58. The van der Waals surface area contributed by atoms with Crippen LogP contribution in [0.2, 0.25) is 0 Å². The minimum absolute atomic E-state index is 0.0881. The van der Waals surface area contributed by atoms with Crippen molar-refractivity contribution < 1.29 is 24.1 Å². The summed E-state index contributed by atoms with van der Waals surface area (Å²) in [6.45, 7) is 1.36. The Morgan fingerprint density at radius 2 is 2.03 bits per heavy atom. The first-order chi connectivity index (χ1) is 14.3. The van der Waals surface area contributed by atoms with Crippen molar-refractivity contribution in [3.63, 3.8) is 0 Å². The molecule has 0 fully saturated rings. The van der Waals surface area contributed by atoms with Crippen LogP contribution in [0.1, 0.15) is 12.5 Å². The van der Waals surface area contributed by atoms with E-state index >= 15 is 0 Å². The Hall–Kier alpha value is -3.99. The van der Waals surface area contributed by atoms with Gasteiger partial charge in [0.05, 0.1) is 22.5 Å². The number of hydrogen-bond acceptors (Lipinski definition) is 12. The first-order valence-electron chi connectivity index (χ1n) is 8.17. The predicted molar refractivity (Wildman–Crippen MR) is 103 cm³/mol. The number of esters is 1. The van der Waals surface area contributed by atoms with Crippen LogP contribution in [0.4, 0.5) is 17.2 Å². The molecule has 156 valence electrons. The lowest BCUT2D eigenvalue weighted by atomic mass is 10.2. The molecule has 0 aliphatic carbocycles. The Morgan fingerprint density at radius 3 is 2.60 bits per heavy atom. The molecule has 0 unspecified atom stereocenters. The molecule has 13 nitrogen and oxygen atoms in total. The first-order valence-corrected chi connectivity index (χ1v) is 9.39. The van der Waals surface area contributed by atoms with Crippen molar-refractivity contribution in [2.45, 2.75) is 12.1 Å². The molecule has 0 aliphatic rings. The summed E-state index contributed by atoms with van der Waals surface area (Å²) in [7, 11) is 0. The van der Waals surface area contributed by atoms with Gasteiger partial charge in [-0.3, -0.25) is 25.0 Å². The molecule has 0 radical (unpaired) electrons. The number of carbonyl (C=O) groups excluding carboxylic acids is 1. The number of nitro benzene ring substituents is 1. The van der Waals surface area contributed by atoms with Gasteiger partial charge in [-0.1, -0.05) is 11.8 Å². The summed E-state index contributed by atoms with van der Waals surface area (Å²) in [5.41, 5.74) is -1.41. The van der Waals surface area contributed by atoms with Gasteiger partial charge in [-0.2, -0.15) is 15.2 Å². The van der Waals surface area contributed by atoms with Crippen LogP contribution in [-0.2, 0) is 9.53 Å². The maximum Gasteiger partial charge on any atom is 0.373 e. The minimum Gasteiger partial charge on any atom is -0.465 e. The zero-order valence-electron chi connectivity index (χ0n) is 15.6. The highest BCUT2D eigenvalue weighted by molar-refractivity contribution is 7.98. The molecular formula is C16H14N6O7S. The Bertz CT molecular complexity index is 1040. The third kappa shape index (κ3) is 5.29. The first kappa shape index (κ1) is 22.3. The molecule has 30 heavy (non-hydrogen) atoms.